The van der Waals surface area contributed by atoms with Crippen LogP contribution in [0.5, 0.6) is 0 Å². The molecular formula is C14H16N4O. The largest absolute Gasteiger partial charge is 0.311 e. The van der Waals surface area contributed by atoms with Gasteiger partial charge in [0.05, 0.1) is 5.69 Å². The number of rotatable bonds is 1. The third-order valence-corrected chi connectivity index (χ3v) is 3.38. The molecule has 0 aliphatic carbocycles. The monoisotopic (exact) mass is 256 g/mol. The topological polar surface area (TPSA) is 70.7 Å². The number of nitrogens with zero attached hydrogens (tertiary/aromatic N) is 2. The highest BCUT2D eigenvalue weighted by molar-refractivity contribution is 5.55. The minimum atomic E-state index is -0.0386. The molecule has 2 aromatic heterocycles. The van der Waals surface area contributed by atoms with E-state index in [0.29, 0.717) is 12.4 Å². The van der Waals surface area contributed by atoms with Crippen LogP contribution in [0.25, 0.3) is 11.5 Å². The van der Waals surface area contributed by atoms with Gasteiger partial charge in [0.15, 0.2) is 5.82 Å². The number of pyridine rings is 1. The first-order valence-corrected chi connectivity index (χ1v) is 6.41. The molecule has 0 saturated heterocycles. The predicted molar refractivity (Wildman–Crippen MR) is 73.0 cm³/mol. The Labute approximate surface area is 111 Å². The quantitative estimate of drug-likeness (QED) is 0.801. The third kappa shape index (κ3) is 2.17. The Hall–Kier alpha value is -2.01. The lowest BCUT2D eigenvalue weighted by molar-refractivity contribution is 0.619. The van der Waals surface area contributed by atoms with Crippen molar-refractivity contribution >= 4 is 0 Å². The van der Waals surface area contributed by atoms with Gasteiger partial charge in [0.2, 0.25) is 0 Å². The van der Waals surface area contributed by atoms with Crippen molar-refractivity contribution in [3.63, 3.8) is 0 Å². The summed E-state index contributed by atoms with van der Waals surface area (Å²) in [6.45, 7) is 5.46. The van der Waals surface area contributed by atoms with Crippen molar-refractivity contribution in [3.8, 4) is 11.5 Å². The van der Waals surface area contributed by atoms with Gasteiger partial charge in [0.1, 0.15) is 5.69 Å². The minimum Gasteiger partial charge on any atom is -0.311 e. The molecule has 1 aliphatic heterocycles. The number of aryl methyl sites for hydroxylation is 2. The Morgan fingerprint density at radius 3 is 2.95 bits per heavy atom. The van der Waals surface area contributed by atoms with Crippen molar-refractivity contribution < 1.29 is 0 Å². The summed E-state index contributed by atoms with van der Waals surface area (Å²) in [5.74, 6) is 0.560. The average molecular weight is 256 g/mol. The van der Waals surface area contributed by atoms with E-state index in [2.05, 4.69) is 20.3 Å². The highest BCUT2D eigenvalue weighted by Gasteiger charge is 2.16. The first kappa shape index (κ1) is 12.0. The van der Waals surface area contributed by atoms with E-state index in [1.807, 2.05) is 19.9 Å². The van der Waals surface area contributed by atoms with Crippen LogP contribution in [-0.4, -0.2) is 21.5 Å². The van der Waals surface area contributed by atoms with Crippen molar-refractivity contribution in [3.05, 3.63) is 45.0 Å². The zero-order chi connectivity index (χ0) is 13.4. The molecule has 3 heterocycles. The predicted octanol–water partition coefficient (Wildman–Crippen LogP) is 1.09. The van der Waals surface area contributed by atoms with Crippen LogP contribution in [0.3, 0.4) is 0 Å². The number of hydrogen-bond acceptors (Lipinski definition) is 4. The Bertz CT molecular complexity index is 690. The molecule has 0 spiro atoms. The summed E-state index contributed by atoms with van der Waals surface area (Å²) in [5, 5.41) is 3.23. The van der Waals surface area contributed by atoms with Crippen LogP contribution in [0.4, 0.5) is 0 Å². The van der Waals surface area contributed by atoms with Crippen molar-refractivity contribution in [2.24, 2.45) is 0 Å². The van der Waals surface area contributed by atoms with Crippen LogP contribution in [0.2, 0.25) is 0 Å². The second-order valence-corrected chi connectivity index (χ2v) is 4.94. The fourth-order valence-corrected chi connectivity index (χ4v) is 2.44. The van der Waals surface area contributed by atoms with Gasteiger partial charge in [0.25, 0.3) is 5.56 Å². The van der Waals surface area contributed by atoms with E-state index >= 15 is 0 Å². The summed E-state index contributed by atoms with van der Waals surface area (Å²) < 4.78 is 0. The minimum absolute atomic E-state index is 0.0386. The maximum absolute atomic E-state index is 12.1. The van der Waals surface area contributed by atoms with Gasteiger partial charge in [-0.05, 0) is 37.9 Å². The molecule has 5 heteroatoms. The fourth-order valence-electron chi connectivity index (χ4n) is 2.44. The number of hydrogen-bond donors (Lipinski definition) is 2. The van der Waals surface area contributed by atoms with Crippen LogP contribution in [0.1, 0.15) is 22.4 Å². The van der Waals surface area contributed by atoms with Crippen molar-refractivity contribution in [1.82, 2.24) is 20.3 Å². The zero-order valence-electron chi connectivity index (χ0n) is 11.1. The number of aromatic amines is 1. The van der Waals surface area contributed by atoms with Crippen molar-refractivity contribution in [2.75, 3.05) is 6.54 Å². The Kier molecular flexibility index (Phi) is 2.91. The molecule has 5 nitrogen and oxygen atoms in total. The average Bonchev–Trinajstić information content (AvgIpc) is 2.38. The van der Waals surface area contributed by atoms with Gasteiger partial charge in [-0.2, -0.15) is 0 Å². The number of nitrogens with one attached hydrogen (secondary N) is 2. The van der Waals surface area contributed by atoms with Gasteiger partial charge in [0, 0.05) is 18.3 Å². The highest BCUT2D eigenvalue weighted by atomic mass is 16.1. The third-order valence-electron chi connectivity index (χ3n) is 3.38. The molecule has 0 aromatic carbocycles. The van der Waals surface area contributed by atoms with Crippen LogP contribution in [0.15, 0.2) is 17.1 Å². The molecule has 2 aromatic rings. The van der Waals surface area contributed by atoms with E-state index < -0.39 is 0 Å². The Morgan fingerprint density at radius 2 is 2.16 bits per heavy atom. The Balaban J connectivity index is 2.15. The van der Waals surface area contributed by atoms with Crippen molar-refractivity contribution in [1.29, 1.82) is 0 Å². The molecular weight excluding hydrogens is 240 g/mol. The molecule has 3 rings (SSSR count). The first-order chi connectivity index (χ1) is 9.15. The van der Waals surface area contributed by atoms with Gasteiger partial charge in [-0.25, -0.2) is 4.98 Å². The lowest BCUT2D eigenvalue weighted by Crippen LogP contribution is -2.31. The van der Waals surface area contributed by atoms with Gasteiger partial charge in [-0.1, -0.05) is 6.07 Å². The summed E-state index contributed by atoms with van der Waals surface area (Å²) in [4.78, 5) is 23.9. The summed E-state index contributed by atoms with van der Waals surface area (Å²) >= 11 is 0. The molecule has 0 fully saturated rings. The van der Waals surface area contributed by atoms with Crippen LogP contribution < -0.4 is 10.9 Å². The highest BCUT2D eigenvalue weighted by Crippen LogP contribution is 2.18. The van der Waals surface area contributed by atoms with Crippen LogP contribution in [-0.2, 0) is 13.0 Å². The Morgan fingerprint density at radius 1 is 1.32 bits per heavy atom. The van der Waals surface area contributed by atoms with E-state index in [4.69, 9.17) is 0 Å². The maximum atomic E-state index is 12.1. The number of aromatic nitrogens is 3. The maximum Gasteiger partial charge on any atom is 0.254 e. The molecule has 0 saturated carbocycles. The molecule has 2 N–H and O–H groups in total. The molecule has 0 atom stereocenters. The number of H-pyrrole nitrogens is 1. The SMILES string of the molecule is Cc1cnc(-c2nc3c(c(=O)[nH]2)CCNC3)c(C)c1. The lowest BCUT2D eigenvalue weighted by atomic mass is 10.1. The van der Waals surface area contributed by atoms with Crippen LogP contribution >= 0.6 is 0 Å². The van der Waals surface area contributed by atoms with E-state index in [9.17, 15) is 4.79 Å². The standard InChI is InChI=1S/C14H16N4O/c1-8-5-9(2)12(16-6-8)13-17-11-7-15-4-3-10(11)14(19)18-13/h5-6,15H,3-4,7H2,1-2H3,(H,17,18,19). The van der Waals surface area contributed by atoms with Crippen LogP contribution in [0, 0.1) is 13.8 Å². The molecule has 0 bridgehead atoms. The zero-order valence-corrected chi connectivity index (χ0v) is 11.1. The van der Waals surface area contributed by atoms with Gasteiger partial charge >= 0.3 is 0 Å². The summed E-state index contributed by atoms with van der Waals surface area (Å²) in [6.07, 6.45) is 2.53. The van der Waals surface area contributed by atoms with E-state index in [-0.39, 0.29) is 5.56 Å². The van der Waals surface area contributed by atoms with E-state index in [1.165, 1.54) is 0 Å². The van der Waals surface area contributed by atoms with Crippen molar-refractivity contribution in [2.45, 2.75) is 26.8 Å². The van der Waals surface area contributed by atoms with Gasteiger partial charge < -0.3 is 10.3 Å². The molecule has 0 unspecified atom stereocenters. The normalized spacial score (nSPS) is 14.2. The second kappa shape index (κ2) is 4.59. The van der Waals surface area contributed by atoms with Gasteiger partial charge in [-0.15, -0.1) is 0 Å². The summed E-state index contributed by atoms with van der Waals surface area (Å²) in [6, 6.07) is 2.04. The smallest absolute Gasteiger partial charge is 0.254 e. The second-order valence-electron chi connectivity index (χ2n) is 4.94. The lowest BCUT2D eigenvalue weighted by Gasteiger charge is -2.16. The van der Waals surface area contributed by atoms with Gasteiger partial charge in [-0.3, -0.25) is 9.78 Å². The molecule has 0 amide bonds. The molecule has 0 radical (unpaired) electrons. The number of fused-ring (bicyclic) bond motifs is 1. The van der Waals surface area contributed by atoms with E-state index in [1.54, 1.807) is 6.20 Å². The molecule has 1 aliphatic rings. The fraction of sp³-hybridized carbons (Fsp3) is 0.357. The summed E-state index contributed by atoms with van der Waals surface area (Å²) in [5.41, 5.74) is 4.47. The summed E-state index contributed by atoms with van der Waals surface area (Å²) in [7, 11) is 0. The first-order valence-electron chi connectivity index (χ1n) is 6.41. The van der Waals surface area contributed by atoms with E-state index in [0.717, 1.165) is 41.0 Å². The molecule has 98 valence electrons. The molecule has 19 heavy (non-hydrogen) atoms.